The number of H-pyrrole nitrogens is 1. The Bertz CT molecular complexity index is 1020. The third-order valence-corrected chi connectivity index (χ3v) is 7.25. The Labute approximate surface area is 189 Å². The second-order valence-electron chi connectivity index (χ2n) is 8.01. The Morgan fingerprint density at radius 3 is 2.53 bits per heavy atom. The monoisotopic (exact) mass is 463 g/mol. The van der Waals surface area contributed by atoms with Gasteiger partial charge in [-0.25, -0.2) is 0 Å². The molecule has 0 radical (unpaired) electrons. The summed E-state index contributed by atoms with van der Waals surface area (Å²) in [5, 5.41) is 11.8. The standard InChI is InChI=1S/C22H23Cl2N3O2S/c23-16-8-15-9-19(27-18(15)10-17(16)24)21(29)26-13-22(4-1-2-5-22)12-25-20(28)7-14-3-6-30-11-14/h3,6,8-11,27H,1-2,4-5,7,12-13H2,(H,25,28)(H,26,29). The maximum absolute atomic E-state index is 12.7. The van der Waals surface area contributed by atoms with E-state index in [2.05, 4.69) is 15.6 Å². The van der Waals surface area contributed by atoms with Gasteiger partial charge in [0.25, 0.3) is 5.91 Å². The molecule has 0 saturated heterocycles. The molecule has 1 aliphatic rings. The minimum atomic E-state index is -0.172. The molecule has 0 aliphatic heterocycles. The highest BCUT2D eigenvalue weighted by atomic mass is 35.5. The van der Waals surface area contributed by atoms with Crippen LogP contribution in [0.25, 0.3) is 10.9 Å². The fourth-order valence-electron chi connectivity index (χ4n) is 4.08. The van der Waals surface area contributed by atoms with Gasteiger partial charge in [-0.15, -0.1) is 0 Å². The van der Waals surface area contributed by atoms with E-state index in [0.717, 1.165) is 42.1 Å². The molecule has 0 unspecified atom stereocenters. The Kier molecular flexibility index (Phi) is 6.37. The summed E-state index contributed by atoms with van der Waals surface area (Å²) in [7, 11) is 0. The number of halogens is 2. The fourth-order valence-corrected chi connectivity index (χ4v) is 5.08. The van der Waals surface area contributed by atoms with Gasteiger partial charge in [0.15, 0.2) is 0 Å². The van der Waals surface area contributed by atoms with Crippen molar-refractivity contribution in [2.45, 2.75) is 32.1 Å². The van der Waals surface area contributed by atoms with Crippen LogP contribution in [0.3, 0.4) is 0 Å². The van der Waals surface area contributed by atoms with E-state index in [1.807, 2.05) is 16.8 Å². The predicted molar refractivity (Wildman–Crippen MR) is 123 cm³/mol. The molecule has 0 atom stereocenters. The van der Waals surface area contributed by atoms with Crippen molar-refractivity contribution in [3.63, 3.8) is 0 Å². The lowest BCUT2D eigenvalue weighted by atomic mass is 9.86. The SMILES string of the molecule is O=C(Cc1ccsc1)NCC1(CNC(=O)c2cc3cc(Cl)c(Cl)cc3[nH]2)CCCC1. The van der Waals surface area contributed by atoms with E-state index in [-0.39, 0.29) is 17.2 Å². The Morgan fingerprint density at radius 1 is 1.07 bits per heavy atom. The van der Waals surface area contributed by atoms with Gasteiger partial charge >= 0.3 is 0 Å². The number of thiophene rings is 1. The zero-order valence-electron chi connectivity index (χ0n) is 16.4. The molecule has 1 aromatic carbocycles. The molecule has 1 saturated carbocycles. The lowest BCUT2D eigenvalue weighted by Gasteiger charge is -2.29. The number of fused-ring (bicyclic) bond motifs is 1. The smallest absolute Gasteiger partial charge is 0.267 e. The number of hydrogen-bond donors (Lipinski definition) is 3. The van der Waals surface area contributed by atoms with Gasteiger partial charge in [0.05, 0.1) is 16.5 Å². The summed E-state index contributed by atoms with van der Waals surface area (Å²) >= 11 is 13.7. The molecule has 0 bridgehead atoms. The third kappa shape index (κ3) is 4.82. The topological polar surface area (TPSA) is 74.0 Å². The minimum absolute atomic E-state index is 0.0235. The summed E-state index contributed by atoms with van der Waals surface area (Å²) in [6.45, 7) is 1.11. The number of rotatable bonds is 7. The number of amides is 2. The van der Waals surface area contributed by atoms with Crippen molar-refractivity contribution in [2.75, 3.05) is 13.1 Å². The molecule has 2 heterocycles. The highest BCUT2D eigenvalue weighted by Crippen LogP contribution is 2.37. The van der Waals surface area contributed by atoms with Crippen molar-refractivity contribution in [2.24, 2.45) is 5.41 Å². The van der Waals surface area contributed by atoms with Crippen LogP contribution in [0.4, 0.5) is 0 Å². The highest BCUT2D eigenvalue weighted by molar-refractivity contribution is 7.08. The quantitative estimate of drug-likeness (QED) is 0.451. The molecule has 2 amide bonds. The number of carbonyl (C=O) groups is 2. The number of aromatic amines is 1. The summed E-state index contributed by atoms with van der Waals surface area (Å²) < 4.78 is 0. The molecule has 5 nitrogen and oxygen atoms in total. The van der Waals surface area contributed by atoms with Gasteiger partial charge in [-0.1, -0.05) is 36.0 Å². The molecule has 3 N–H and O–H groups in total. The second kappa shape index (κ2) is 9.00. The first kappa shape index (κ1) is 21.2. The van der Waals surface area contributed by atoms with E-state index < -0.39 is 0 Å². The predicted octanol–water partition coefficient (Wildman–Crippen LogP) is 5.19. The number of nitrogens with one attached hydrogen (secondary N) is 3. The molecule has 158 valence electrons. The molecule has 1 aliphatic carbocycles. The van der Waals surface area contributed by atoms with Crippen molar-refractivity contribution in [1.82, 2.24) is 15.6 Å². The van der Waals surface area contributed by atoms with Crippen LogP contribution in [0.5, 0.6) is 0 Å². The average Bonchev–Trinajstić information content (AvgIpc) is 3.47. The first-order valence-corrected chi connectivity index (χ1v) is 11.7. The van der Waals surface area contributed by atoms with E-state index in [1.165, 1.54) is 0 Å². The number of carbonyl (C=O) groups excluding carboxylic acids is 2. The molecule has 30 heavy (non-hydrogen) atoms. The van der Waals surface area contributed by atoms with Crippen LogP contribution >= 0.6 is 34.5 Å². The molecule has 3 aromatic rings. The van der Waals surface area contributed by atoms with Gasteiger partial charge in [0.2, 0.25) is 5.91 Å². The number of hydrogen-bond acceptors (Lipinski definition) is 3. The van der Waals surface area contributed by atoms with E-state index >= 15 is 0 Å². The maximum atomic E-state index is 12.7. The van der Waals surface area contributed by atoms with Crippen molar-refractivity contribution in [3.05, 3.63) is 56.3 Å². The van der Waals surface area contributed by atoms with Crippen LogP contribution in [0, 0.1) is 5.41 Å². The highest BCUT2D eigenvalue weighted by Gasteiger charge is 2.34. The molecule has 1 fully saturated rings. The summed E-state index contributed by atoms with van der Waals surface area (Å²) in [4.78, 5) is 28.1. The molecule has 2 aromatic heterocycles. The van der Waals surface area contributed by atoms with Crippen LogP contribution in [0.15, 0.2) is 35.0 Å². The van der Waals surface area contributed by atoms with Gasteiger partial charge < -0.3 is 15.6 Å². The first-order valence-electron chi connectivity index (χ1n) is 9.98. The van der Waals surface area contributed by atoms with E-state index in [1.54, 1.807) is 29.5 Å². The van der Waals surface area contributed by atoms with E-state index in [0.29, 0.717) is 35.2 Å². The van der Waals surface area contributed by atoms with Crippen LogP contribution in [-0.2, 0) is 11.2 Å². The molecular weight excluding hydrogens is 441 g/mol. The first-order chi connectivity index (χ1) is 14.4. The lowest BCUT2D eigenvalue weighted by molar-refractivity contribution is -0.120. The van der Waals surface area contributed by atoms with Crippen LogP contribution < -0.4 is 10.6 Å². The molecule has 0 spiro atoms. The van der Waals surface area contributed by atoms with Crippen molar-refractivity contribution >= 4 is 57.3 Å². The summed E-state index contributed by atoms with van der Waals surface area (Å²) in [6, 6.07) is 7.21. The van der Waals surface area contributed by atoms with Crippen molar-refractivity contribution < 1.29 is 9.59 Å². The van der Waals surface area contributed by atoms with Crippen LogP contribution in [0.2, 0.25) is 10.0 Å². The summed E-state index contributed by atoms with van der Waals surface area (Å²) in [6.07, 6.45) is 4.60. The maximum Gasteiger partial charge on any atom is 0.267 e. The minimum Gasteiger partial charge on any atom is -0.355 e. The van der Waals surface area contributed by atoms with Gasteiger partial charge in [-0.3, -0.25) is 9.59 Å². The molecule has 4 rings (SSSR count). The van der Waals surface area contributed by atoms with Gasteiger partial charge in [0, 0.05) is 29.4 Å². The fraction of sp³-hybridized carbons (Fsp3) is 0.364. The largest absolute Gasteiger partial charge is 0.355 e. The molecular formula is C22H23Cl2N3O2S. The molecule has 8 heteroatoms. The summed E-state index contributed by atoms with van der Waals surface area (Å²) in [5.74, 6) is -0.148. The lowest BCUT2D eigenvalue weighted by Crippen LogP contribution is -2.44. The normalized spacial score (nSPS) is 15.4. The third-order valence-electron chi connectivity index (χ3n) is 5.80. The number of benzene rings is 1. The van der Waals surface area contributed by atoms with E-state index in [4.69, 9.17) is 23.2 Å². The Balaban J connectivity index is 1.37. The van der Waals surface area contributed by atoms with Crippen molar-refractivity contribution in [1.29, 1.82) is 0 Å². The van der Waals surface area contributed by atoms with Gasteiger partial charge in [-0.2, -0.15) is 11.3 Å². The van der Waals surface area contributed by atoms with Gasteiger partial charge in [0.1, 0.15) is 5.69 Å². The van der Waals surface area contributed by atoms with E-state index in [9.17, 15) is 9.59 Å². The summed E-state index contributed by atoms with van der Waals surface area (Å²) in [5.41, 5.74) is 2.17. The zero-order valence-corrected chi connectivity index (χ0v) is 18.7. The second-order valence-corrected chi connectivity index (χ2v) is 9.61. The number of aromatic nitrogens is 1. The Hall–Kier alpha value is -2.02. The average molecular weight is 464 g/mol. The van der Waals surface area contributed by atoms with Crippen LogP contribution in [0.1, 0.15) is 41.7 Å². The van der Waals surface area contributed by atoms with Crippen molar-refractivity contribution in [3.8, 4) is 0 Å². The van der Waals surface area contributed by atoms with Crippen LogP contribution in [-0.4, -0.2) is 29.9 Å². The van der Waals surface area contributed by atoms with Gasteiger partial charge in [-0.05, 0) is 53.4 Å². The Morgan fingerprint density at radius 2 is 1.80 bits per heavy atom. The zero-order chi connectivity index (χ0) is 21.1.